The molecule has 0 spiro atoms. The topological polar surface area (TPSA) is 125 Å². The number of rotatable bonds is 7. The molecule has 0 saturated heterocycles. The molecule has 10 nitrogen and oxygen atoms in total. The highest BCUT2D eigenvalue weighted by atomic mass is 19.4. The first-order valence-corrected chi connectivity index (χ1v) is 10.5. The molecule has 1 aliphatic rings. The van der Waals surface area contributed by atoms with Gasteiger partial charge in [0.25, 0.3) is 0 Å². The van der Waals surface area contributed by atoms with Crippen molar-refractivity contribution >= 4 is 5.97 Å². The van der Waals surface area contributed by atoms with Gasteiger partial charge in [0.15, 0.2) is 5.69 Å². The lowest BCUT2D eigenvalue weighted by atomic mass is 9.87. The SMILES string of the molecule is Cn1nnc(-c2ccc(O[C@H]3CCC[C@H](C(=O)O)C3)cn2)c1COc1cc(C(F)(F)F)ncn1. The van der Waals surface area contributed by atoms with E-state index in [-0.39, 0.29) is 18.6 Å². The smallest absolute Gasteiger partial charge is 0.433 e. The van der Waals surface area contributed by atoms with Crippen LogP contribution in [0.4, 0.5) is 13.2 Å². The normalized spacial score (nSPS) is 18.5. The maximum atomic E-state index is 12.9. The number of alkyl halides is 3. The van der Waals surface area contributed by atoms with Crippen molar-refractivity contribution in [3.05, 3.63) is 42.1 Å². The number of aromatic nitrogens is 6. The van der Waals surface area contributed by atoms with E-state index in [9.17, 15) is 23.1 Å². The number of halogens is 3. The zero-order valence-corrected chi connectivity index (χ0v) is 18.1. The zero-order valence-electron chi connectivity index (χ0n) is 18.1. The molecule has 0 aliphatic heterocycles. The van der Waals surface area contributed by atoms with Gasteiger partial charge in [0.1, 0.15) is 30.1 Å². The Labute approximate surface area is 191 Å². The molecular weight excluding hydrogens is 457 g/mol. The summed E-state index contributed by atoms with van der Waals surface area (Å²) in [5.74, 6) is -0.952. The van der Waals surface area contributed by atoms with Gasteiger partial charge in [-0.2, -0.15) is 13.2 Å². The minimum Gasteiger partial charge on any atom is -0.489 e. The van der Waals surface area contributed by atoms with E-state index in [2.05, 4.69) is 25.3 Å². The Bertz CT molecular complexity index is 1150. The summed E-state index contributed by atoms with van der Waals surface area (Å²) in [4.78, 5) is 22.5. The van der Waals surface area contributed by atoms with Crippen molar-refractivity contribution in [1.29, 1.82) is 0 Å². The number of hydrogen-bond acceptors (Lipinski definition) is 8. The van der Waals surface area contributed by atoms with E-state index >= 15 is 0 Å². The van der Waals surface area contributed by atoms with Gasteiger partial charge in [0, 0.05) is 13.1 Å². The van der Waals surface area contributed by atoms with E-state index in [0.717, 1.165) is 19.2 Å². The van der Waals surface area contributed by atoms with Crippen LogP contribution in [0.3, 0.4) is 0 Å². The number of ether oxygens (including phenoxy) is 2. The van der Waals surface area contributed by atoms with Gasteiger partial charge in [0.05, 0.1) is 23.9 Å². The van der Waals surface area contributed by atoms with E-state index in [1.54, 1.807) is 19.2 Å². The molecule has 3 aromatic heterocycles. The van der Waals surface area contributed by atoms with Crippen LogP contribution in [0.15, 0.2) is 30.7 Å². The van der Waals surface area contributed by atoms with Crippen LogP contribution in [0.1, 0.15) is 37.1 Å². The molecule has 1 aliphatic carbocycles. The third-order valence-corrected chi connectivity index (χ3v) is 5.49. The molecule has 0 unspecified atom stereocenters. The average molecular weight is 478 g/mol. The Hall–Kier alpha value is -3.77. The second-order valence-electron chi connectivity index (χ2n) is 7.86. The minimum atomic E-state index is -4.61. The fourth-order valence-electron chi connectivity index (χ4n) is 3.71. The molecule has 3 aromatic rings. The number of pyridine rings is 1. The summed E-state index contributed by atoms with van der Waals surface area (Å²) in [5, 5.41) is 17.3. The van der Waals surface area contributed by atoms with Gasteiger partial charge in [-0.15, -0.1) is 5.10 Å². The van der Waals surface area contributed by atoms with Crippen molar-refractivity contribution in [2.24, 2.45) is 13.0 Å². The molecule has 2 atom stereocenters. The lowest BCUT2D eigenvalue weighted by molar-refractivity contribution is -0.144. The molecule has 1 saturated carbocycles. The maximum absolute atomic E-state index is 12.9. The van der Waals surface area contributed by atoms with Crippen LogP contribution in [0.25, 0.3) is 11.4 Å². The fourth-order valence-corrected chi connectivity index (χ4v) is 3.71. The fraction of sp³-hybridized carbons (Fsp3) is 0.429. The molecule has 34 heavy (non-hydrogen) atoms. The van der Waals surface area contributed by atoms with Crippen molar-refractivity contribution in [2.75, 3.05) is 0 Å². The highest BCUT2D eigenvalue weighted by Gasteiger charge is 2.33. The lowest BCUT2D eigenvalue weighted by Gasteiger charge is -2.27. The largest absolute Gasteiger partial charge is 0.489 e. The van der Waals surface area contributed by atoms with Crippen LogP contribution in [-0.2, 0) is 24.6 Å². The monoisotopic (exact) mass is 478 g/mol. The third kappa shape index (κ3) is 5.41. The lowest BCUT2D eigenvalue weighted by Crippen LogP contribution is -2.29. The maximum Gasteiger partial charge on any atom is 0.433 e. The molecule has 1 fully saturated rings. The Morgan fingerprint density at radius 1 is 1.24 bits per heavy atom. The van der Waals surface area contributed by atoms with Gasteiger partial charge < -0.3 is 14.6 Å². The zero-order chi connectivity index (χ0) is 24.3. The first-order valence-electron chi connectivity index (χ1n) is 10.5. The standard InChI is InChI=1S/C21H21F3N6O4/c1-30-16(10-33-18-8-17(21(22,23)24)26-11-27-18)19(28-29-30)15-6-5-14(9-25-15)34-13-4-2-3-12(7-13)20(31)32/h5-6,8-9,11-13H,2-4,7,10H2,1H3,(H,31,32)/t12-,13-/m0/s1. The van der Waals surface area contributed by atoms with Crippen molar-refractivity contribution in [3.63, 3.8) is 0 Å². The summed E-state index contributed by atoms with van der Waals surface area (Å²) >= 11 is 0. The van der Waals surface area contributed by atoms with Gasteiger partial charge in [-0.1, -0.05) is 5.21 Å². The van der Waals surface area contributed by atoms with Crippen LogP contribution in [0, 0.1) is 5.92 Å². The van der Waals surface area contributed by atoms with Crippen LogP contribution < -0.4 is 9.47 Å². The molecule has 4 rings (SSSR count). The Kier molecular flexibility index (Phi) is 6.61. The number of carboxylic acids is 1. The van der Waals surface area contributed by atoms with E-state index in [1.807, 2.05) is 0 Å². The van der Waals surface area contributed by atoms with Gasteiger partial charge in [-0.05, 0) is 37.8 Å². The highest BCUT2D eigenvalue weighted by molar-refractivity contribution is 5.70. The van der Waals surface area contributed by atoms with Gasteiger partial charge in [0.2, 0.25) is 5.88 Å². The number of aryl methyl sites for hydroxylation is 1. The van der Waals surface area contributed by atoms with Crippen LogP contribution in [0.5, 0.6) is 11.6 Å². The average Bonchev–Trinajstić information content (AvgIpc) is 3.18. The van der Waals surface area contributed by atoms with E-state index in [1.165, 1.54) is 10.9 Å². The number of aliphatic carboxylic acids is 1. The van der Waals surface area contributed by atoms with Crippen LogP contribution in [0.2, 0.25) is 0 Å². The van der Waals surface area contributed by atoms with Crippen molar-refractivity contribution < 1.29 is 32.5 Å². The quantitative estimate of drug-likeness (QED) is 0.544. The van der Waals surface area contributed by atoms with Crippen molar-refractivity contribution in [1.82, 2.24) is 29.9 Å². The van der Waals surface area contributed by atoms with Gasteiger partial charge in [-0.3, -0.25) is 9.78 Å². The number of hydrogen-bond donors (Lipinski definition) is 1. The number of carboxylic acid groups (broad SMARTS) is 1. The summed E-state index contributed by atoms with van der Waals surface area (Å²) in [6.07, 6.45) is 0.143. The third-order valence-electron chi connectivity index (χ3n) is 5.49. The van der Waals surface area contributed by atoms with E-state index in [0.29, 0.717) is 41.7 Å². The number of nitrogens with zero attached hydrogens (tertiary/aromatic N) is 6. The second-order valence-corrected chi connectivity index (χ2v) is 7.86. The van der Waals surface area contributed by atoms with E-state index in [4.69, 9.17) is 9.47 Å². The predicted octanol–water partition coefficient (Wildman–Crippen LogP) is 3.29. The highest BCUT2D eigenvalue weighted by Crippen LogP contribution is 2.30. The molecule has 1 N–H and O–H groups in total. The molecule has 0 amide bonds. The van der Waals surface area contributed by atoms with Crippen LogP contribution in [-0.4, -0.2) is 47.1 Å². The molecule has 3 heterocycles. The van der Waals surface area contributed by atoms with Gasteiger partial charge >= 0.3 is 12.1 Å². The summed E-state index contributed by atoms with van der Waals surface area (Å²) in [6.45, 7) is -0.147. The molecule has 0 bridgehead atoms. The Morgan fingerprint density at radius 2 is 2.06 bits per heavy atom. The summed E-state index contributed by atoms with van der Waals surface area (Å²) in [5.41, 5.74) is 0.225. The summed E-state index contributed by atoms with van der Waals surface area (Å²) in [7, 11) is 1.62. The van der Waals surface area contributed by atoms with Crippen molar-refractivity contribution in [2.45, 2.75) is 44.6 Å². The Morgan fingerprint density at radius 3 is 2.76 bits per heavy atom. The molecule has 180 valence electrons. The molecular formula is C21H21F3N6O4. The minimum absolute atomic E-state index is 0.147. The van der Waals surface area contributed by atoms with Crippen LogP contribution >= 0.6 is 0 Å². The Balaban J connectivity index is 1.44. The van der Waals surface area contributed by atoms with E-state index < -0.39 is 23.8 Å². The van der Waals surface area contributed by atoms with Gasteiger partial charge in [-0.25, -0.2) is 14.6 Å². The predicted molar refractivity (Wildman–Crippen MR) is 110 cm³/mol. The summed E-state index contributed by atoms with van der Waals surface area (Å²) in [6, 6.07) is 4.09. The first kappa shape index (κ1) is 23.4. The van der Waals surface area contributed by atoms with Crippen molar-refractivity contribution in [3.8, 4) is 23.0 Å². The molecule has 0 radical (unpaired) electrons. The molecule has 13 heteroatoms. The second kappa shape index (κ2) is 9.61. The molecule has 0 aromatic carbocycles. The summed E-state index contributed by atoms with van der Waals surface area (Å²) < 4.78 is 51.3. The number of carbonyl (C=O) groups is 1. The first-order chi connectivity index (χ1) is 16.2.